The molecule has 0 saturated heterocycles. The summed E-state index contributed by atoms with van der Waals surface area (Å²) in [4.78, 5) is 13.6. The van der Waals surface area contributed by atoms with Crippen molar-refractivity contribution in [1.29, 1.82) is 0 Å². The predicted octanol–water partition coefficient (Wildman–Crippen LogP) is 1.06. The van der Waals surface area contributed by atoms with Gasteiger partial charge in [0.1, 0.15) is 17.5 Å². The van der Waals surface area contributed by atoms with Gasteiger partial charge in [-0.1, -0.05) is 0 Å². The lowest BCUT2D eigenvalue weighted by molar-refractivity contribution is -0.133. The van der Waals surface area contributed by atoms with E-state index in [1.807, 2.05) is 12.1 Å². The molecular formula is C14H23ClN2O4. The highest BCUT2D eigenvalue weighted by molar-refractivity contribution is 5.85. The van der Waals surface area contributed by atoms with Crippen molar-refractivity contribution in [2.45, 2.75) is 12.6 Å². The highest BCUT2D eigenvalue weighted by Gasteiger charge is 2.19. The fourth-order valence-corrected chi connectivity index (χ4v) is 1.85. The first-order valence-corrected chi connectivity index (χ1v) is 6.23. The molecular weight excluding hydrogens is 296 g/mol. The number of nitrogens with two attached hydrogens (primary N) is 1. The summed E-state index contributed by atoms with van der Waals surface area (Å²) < 4.78 is 15.3. The molecule has 0 spiro atoms. The smallest absolute Gasteiger partial charge is 0.241 e. The number of methoxy groups -OCH3 is 3. The number of benzene rings is 1. The molecule has 0 aromatic heterocycles. The number of carbonyl (C=O) groups is 1. The van der Waals surface area contributed by atoms with Gasteiger partial charge in [0.25, 0.3) is 0 Å². The Morgan fingerprint density at radius 1 is 1.29 bits per heavy atom. The molecule has 0 aliphatic carbocycles. The minimum Gasteiger partial charge on any atom is -0.497 e. The van der Waals surface area contributed by atoms with Crippen molar-refractivity contribution in [1.82, 2.24) is 4.90 Å². The Labute approximate surface area is 131 Å². The second-order valence-corrected chi connectivity index (χ2v) is 4.43. The van der Waals surface area contributed by atoms with Crippen molar-refractivity contribution < 1.29 is 19.0 Å². The summed E-state index contributed by atoms with van der Waals surface area (Å²) in [5.74, 6) is 1.20. The Bertz CT molecular complexity index is 457. The number of hydrogen-bond acceptors (Lipinski definition) is 5. The van der Waals surface area contributed by atoms with Crippen LogP contribution < -0.4 is 15.2 Å². The number of rotatable bonds is 7. The Hall–Kier alpha value is -1.50. The maximum absolute atomic E-state index is 12.0. The van der Waals surface area contributed by atoms with Gasteiger partial charge in [-0.2, -0.15) is 0 Å². The first kappa shape index (κ1) is 19.5. The fourth-order valence-electron chi connectivity index (χ4n) is 1.85. The fraction of sp³-hybridized carbons (Fsp3) is 0.500. The van der Waals surface area contributed by atoms with Crippen LogP contribution in [-0.2, 0) is 16.1 Å². The van der Waals surface area contributed by atoms with Crippen molar-refractivity contribution in [3.05, 3.63) is 23.8 Å². The van der Waals surface area contributed by atoms with Crippen LogP contribution in [0.2, 0.25) is 0 Å². The molecule has 0 radical (unpaired) electrons. The van der Waals surface area contributed by atoms with E-state index in [-0.39, 0.29) is 24.9 Å². The van der Waals surface area contributed by atoms with E-state index in [0.29, 0.717) is 18.0 Å². The molecule has 1 atom stereocenters. The molecule has 0 saturated carbocycles. The second-order valence-electron chi connectivity index (χ2n) is 4.43. The molecule has 1 amide bonds. The number of nitrogens with zero attached hydrogens (tertiary/aromatic N) is 1. The monoisotopic (exact) mass is 318 g/mol. The molecule has 0 fully saturated rings. The van der Waals surface area contributed by atoms with Crippen molar-refractivity contribution in [2.24, 2.45) is 5.73 Å². The van der Waals surface area contributed by atoms with Crippen LogP contribution in [0.4, 0.5) is 0 Å². The molecule has 1 aromatic rings. The van der Waals surface area contributed by atoms with Gasteiger partial charge in [0, 0.05) is 32.3 Å². The molecule has 0 heterocycles. The number of amides is 1. The third-order valence-corrected chi connectivity index (χ3v) is 2.94. The first-order chi connectivity index (χ1) is 9.53. The van der Waals surface area contributed by atoms with Crippen LogP contribution in [0, 0.1) is 0 Å². The lowest BCUT2D eigenvalue weighted by Crippen LogP contribution is -2.44. The average molecular weight is 319 g/mol. The summed E-state index contributed by atoms with van der Waals surface area (Å²) in [6.45, 7) is 0.604. The third kappa shape index (κ3) is 5.41. The maximum Gasteiger partial charge on any atom is 0.241 e. The quantitative estimate of drug-likeness (QED) is 0.813. The highest BCUT2D eigenvalue weighted by atomic mass is 35.5. The summed E-state index contributed by atoms with van der Waals surface area (Å²) >= 11 is 0. The van der Waals surface area contributed by atoms with E-state index < -0.39 is 6.04 Å². The van der Waals surface area contributed by atoms with Crippen LogP contribution in [0.3, 0.4) is 0 Å². The van der Waals surface area contributed by atoms with Crippen LogP contribution >= 0.6 is 12.4 Å². The van der Waals surface area contributed by atoms with Crippen LogP contribution in [0.15, 0.2) is 18.2 Å². The topological polar surface area (TPSA) is 74.0 Å². The van der Waals surface area contributed by atoms with E-state index in [1.54, 1.807) is 32.2 Å². The summed E-state index contributed by atoms with van der Waals surface area (Å²) in [6.07, 6.45) is 0. The molecule has 0 bridgehead atoms. The van der Waals surface area contributed by atoms with Gasteiger partial charge < -0.3 is 24.8 Å². The minimum atomic E-state index is -0.658. The van der Waals surface area contributed by atoms with Crippen molar-refractivity contribution in [3.63, 3.8) is 0 Å². The second kappa shape index (κ2) is 9.44. The summed E-state index contributed by atoms with van der Waals surface area (Å²) in [5, 5.41) is 0. The van der Waals surface area contributed by atoms with Crippen LogP contribution in [0.25, 0.3) is 0 Å². The highest BCUT2D eigenvalue weighted by Crippen LogP contribution is 2.25. The van der Waals surface area contributed by atoms with E-state index in [4.69, 9.17) is 19.9 Å². The molecule has 0 aliphatic rings. The molecule has 0 aliphatic heterocycles. The standard InChI is InChI=1S/C14H22N2O4.ClH/c1-16(14(17)12(15)9-18-2)8-10-5-6-11(19-3)7-13(10)20-4;/h5-7,12H,8-9,15H2,1-4H3;1H. The third-order valence-electron chi connectivity index (χ3n) is 2.94. The van der Waals surface area contributed by atoms with Gasteiger partial charge in [-0.25, -0.2) is 0 Å². The van der Waals surface area contributed by atoms with Gasteiger partial charge in [0.15, 0.2) is 0 Å². The summed E-state index contributed by atoms with van der Waals surface area (Å²) in [7, 11) is 6.38. The molecule has 2 N–H and O–H groups in total. The average Bonchev–Trinajstić information content (AvgIpc) is 2.46. The van der Waals surface area contributed by atoms with Crippen molar-refractivity contribution in [2.75, 3.05) is 35.0 Å². The van der Waals surface area contributed by atoms with E-state index in [1.165, 1.54) is 7.11 Å². The van der Waals surface area contributed by atoms with E-state index in [2.05, 4.69) is 0 Å². The normalized spacial score (nSPS) is 11.3. The molecule has 7 heteroatoms. The number of halogens is 1. The molecule has 1 rings (SSSR count). The van der Waals surface area contributed by atoms with Crippen molar-refractivity contribution >= 4 is 18.3 Å². The zero-order chi connectivity index (χ0) is 15.1. The number of hydrogen-bond donors (Lipinski definition) is 1. The lowest BCUT2D eigenvalue weighted by atomic mass is 10.1. The van der Waals surface area contributed by atoms with Crippen LogP contribution in [0.5, 0.6) is 11.5 Å². The van der Waals surface area contributed by atoms with Gasteiger partial charge in [0.05, 0.1) is 20.8 Å². The van der Waals surface area contributed by atoms with Gasteiger partial charge in [0.2, 0.25) is 5.91 Å². The Balaban J connectivity index is 0.00000400. The predicted molar refractivity (Wildman–Crippen MR) is 83.1 cm³/mol. The van der Waals surface area contributed by atoms with Gasteiger partial charge in [-0.05, 0) is 12.1 Å². The molecule has 1 aromatic carbocycles. The van der Waals surface area contributed by atoms with E-state index in [0.717, 1.165) is 5.56 Å². The number of likely N-dealkylation sites (N-methyl/N-ethyl adjacent to an activating group) is 1. The van der Waals surface area contributed by atoms with Crippen LogP contribution in [0.1, 0.15) is 5.56 Å². The minimum absolute atomic E-state index is 0. The Morgan fingerprint density at radius 2 is 1.95 bits per heavy atom. The Kier molecular flexibility index (Phi) is 8.76. The number of carbonyl (C=O) groups excluding carboxylic acids is 1. The summed E-state index contributed by atoms with van der Waals surface area (Å²) in [6, 6.07) is 4.81. The zero-order valence-electron chi connectivity index (χ0n) is 12.8. The van der Waals surface area contributed by atoms with Gasteiger partial charge >= 0.3 is 0 Å². The maximum atomic E-state index is 12.0. The van der Waals surface area contributed by atoms with Gasteiger partial charge in [-0.15, -0.1) is 12.4 Å². The van der Waals surface area contributed by atoms with Crippen LogP contribution in [-0.4, -0.2) is 51.8 Å². The zero-order valence-corrected chi connectivity index (χ0v) is 13.6. The van der Waals surface area contributed by atoms with Gasteiger partial charge in [-0.3, -0.25) is 4.79 Å². The van der Waals surface area contributed by atoms with E-state index >= 15 is 0 Å². The SMILES string of the molecule is COCC(N)C(=O)N(C)Cc1ccc(OC)cc1OC.Cl. The molecule has 6 nitrogen and oxygen atoms in total. The number of ether oxygens (including phenoxy) is 3. The lowest BCUT2D eigenvalue weighted by Gasteiger charge is -2.22. The summed E-state index contributed by atoms with van der Waals surface area (Å²) in [5.41, 5.74) is 6.61. The molecule has 1 unspecified atom stereocenters. The molecule has 21 heavy (non-hydrogen) atoms. The van der Waals surface area contributed by atoms with Crippen molar-refractivity contribution in [3.8, 4) is 11.5 Å². The Morgan fingerprint density at radius 3 is 2.48 bits per heavy atom. The largest absolute Gasteiger partial charge is 0.497 e. The molecule has 120 valence electrons. The van der Waals surface area contributed by atoms with E-state index in [9.17, 15) is 4.79 Å². The first-order valence-electron chi connectivity index (χ1n) is 6.23.